The quantitative estimate of drug-likeness (QED) is 0.652. The number of thioether (sulfide) groups is 1. The van der Waals surface area contributed by atoms with E-state index in [0.717, 1.165) is 11.1 Å². The molecule has 1 fully saturated rings. The minimum atomic E-state index is -0.519. The van der Waals surface area contributed by atoms with Crippen LogP contribution in [0.1, 0.15) is 18.1 Å². The number of carbonyl (C=O) groups is 3. The molecule has 24 heavy (non-hydrogen) atoms. The second-order valence-corrected chi connectivity index (χ2v) is 6.37. The number of amides is 2. The molecule has 0 atom stereocenters. The number of aryl methyl sites for hydroxylation is 2. The molecule has 1 aliphatic rings. The number of anilines is 1. The summed E-state index contributed by atoms with van der Waals surface area (Å²) >= 11 is 1.22. The van der Waals surface area contributed by atoms with Crippen molar-refractivity contribution in [1.29, 1.82) is 0 Å². The summed E-state index contributed by atoms with van der Waals surface area (Å²) in [4.78, 5) is 37.1. The summed E-state index contributed by atoms with van der Waals surface area (Å²) in [5.74, 6) is -0.824. The van der Waals surface area contributed by atoms with E-state index in [4.69, 9.17) is 4.74 Å². The summed E-state index contributed by atoms with van der Waals surface area (Å²) in [6.45, 7) is 5.72. The van der Waals surface area contributed by atoms with Crippen molar-refractivity contribution in [1.82, 2.24) is 4.90 Å². The van der Waals surface area contributed by atoms with Crippen molar-refractivity contribution < 1.29 is 19.1 Å². The maximum Gasteiger partial charge on any atom is 0.333 e. The van der Waals surface area contributed by atoms with E-state index in [-0.39, 0.29) is 30.7 Å². The molecule has 0 saturated carbocycles. The second kappa shape index (κ2) is 8.01. The Morgan fingerprint density at radius 1 is 1.38 bits per heavy atom. The van der Waals surface area contributed by atoms with Gasteiger partial charge in [-0.1, -0.05) is 29.5 Å². The predicted molar refractivity (Wildman–Crippen MR) is 93.4 cm³/mol. The number of hydrogen-bond acceptors (Lipinski definition) is 5. The normalized spacial score (nSPS) is 15.7. The van der Waals surface area contributed by atoms with Gasteiger partial charge in [-0.15, -0.1) is 0 Å². The molecule has 2 rings (SSSR count). The second-order valence-electron chi connectivity index (χ2n) is 5.37. The first-order valence-electron chi connectivity index (χ1n) is 7.59. The molecule has 128 valence electrons. The van der Waals surface area contributed by atoms with Crippen LogP contribution in [-0.2, 0) is 19.1 Å². The Balaban J connectivity index is 2.05. The number of nitrogens with zero attached hydrogens (tertiary/aromatic N) is 1. The molecule has 2 amide bonds. The lowest BCUT2D eigenvalue weighted by molar-refractivity contribution is -0.137. The van der Waals surface area contributed by atoms with Gasteiger partial charge in [0.15, 0.2) is 0 Å². The standard InChI is InChI=1S/C17H20N2O4S/c1-4-23-17(22)8-16-19(15(21)10-24-16)9-14(20)18-13-6-5-11(2)7-12(13)3/h5-8H,4,9-10H2,1-3H3,(H,18,20)/b16-8-. The maximum absolute atomic E-state index is 12.3. The minimum absolute atomic E-state index is 0.135. The first-order valence-corrected chi connectivity index (χ1v) is 8.58. The number of hydrogen-bond donors (Lipinski definition) is 1. The Labute approximate surface area is 145 Å². The van der Waals surface area contributed by atoms with Crippen molar-refractivity contribution >= 4 is 35.2 Å². The molecule has 6 nitrogen and oxygen atoms in total. The summed E-state index contributed by atoms with van der Waals surface area (Å²) in [6, 6.07) is 5.71. The van der Waals surface area contributed by atoms with Gasteiger partial charge in [-0.25, -0.2) is 4.79 Å². The molecule has 0 aromatic heterocycles. The molecule has 0 aliphatic carbocycles. The van der Waals surface area contributed by atoms with E-state index in [2.05, 4.69) is 5.32 Å². The van der Waals surface area contributed by atoms with Gasteiger partial charge in [0.25, 0.3) is 0 Å². The summed E-state index contributed by atoms with van der Waals surface area (Å²) < 4.78 is 4.85. The first-order chi connectivity index (χ1) is 11.4. The van der Waals surface area contributed by atoms with Crippen molar-refractivity contribution in [3.05, 3.63) is 40.4 Å². The number of ether oxygens (including phenoxy) is 1. The van der Waals surface area contributed by atoms with Gasteiger partial charge in [0, 0.05) is 5.69 Å². The fourth-order valence-electron chi connectivity index (χ4n) is 2.27. The smallest absolute Gasteiger partial charge is 0.333 e. The monoisotopic (exact) mass is 348 g/mol. The van der Waals surface area contributed by atoms with Gasteiger partial charge in [0.1, 0.15) is 6.54 Å². The molecular formula is C17H20N2O4S. The third-order valence-electron chi connectivity index (χ3n) is 3.40. The van der Waals surface area contributed by atoms with E-state index in [1.165, 1.54) is 22.7 Å². The molecule has 1 aromatic carbocycles. The molecular weight excluding hydrogens is 328 g/mol. The lowest BCUT2D eigenvalue weighted by Crippen LogP contribution is -2.34. The number of esters is 1. The van der Waals surface area contributed by atoms with Gasteiger partial charge in [-0.3, -0.25) is 14.5 Å². The molecule has 1 aromatic rings. The highest BCUT2D eigenvalue weighted by Crippen LogP contribution is 2.28. The molecule has 0 unspecified atom stereocenters. The van der Waals surface area contributed by atoms with Crippen molar-refractivity contribution in [2.24, 2.45) is 0 Å². The SMILES string of the molecule is CCOC(=O)/C=C1\SCC(=O)N1CC(=O)Nc1ccc(C)cc1C. The number of rotatable bonds is 5. The molecule has 1 heterocycles. The number of nitrogens with one attached hydrogen (secondary N) is 1. The van der Waals surface area contributed by atoms with E-state index < -0.39 is 5.97 Å². The maximum atomic E-state index is 12.3. The molecule has 0 bridgehead atoms. The Morgan fingerprint density at radius 2 is 2.12 bits per heavy atom. The van der Waals surface area contributed by atoms with Gasteiger partial charge in [-0.05, 0) is 32.4 Å². The zero-order valence-corrected chi connectivity index (χ0v) is 14.7. The van der Waals surface area contributed by atoms with Crippen molar-refractivity contribution in [2.75, 3.05) is 24.2 Å². The van der Waals surface area contributed by atoms with Crippen LogP contribution in [0.3, 0.4) is 0 Å². The zero-order chi connectivity index (χ0) is 17.7. The van der Waals surface area contributed by atoms with Crippen LogP contribution in [0.4, 0.5) is 5.69 Å². The average molecular weight is 348 g/mol. The van der Waals surface area contributed by atoms with E-state index in [0.29, 0.717) is 10.7 Å². The number of benzene rings is 1. The van der Waals surface area contributed by atoms with Crippen molar-refractivity contribution in [2.45, 2.75) is 20.8 Å². The Bertz CT molecular complexity index is 700. The van der Waals surface area contributed by atoms with Crippen LogP contribution in [0.15, 0.2) is 29.3 Å². The summed E-state index contributed by atoms with van der Waals surface area (Å²) in [6.07, 6.45) is 1.25. The van der Waals surface area contributed by atoms with Crippen LogP contribution < -0.4 is 5.32 Å². The average Bonchev–Trinajstić information content (AvgIpc) is 2.83. The van der Waals surface area contributed by atoms with Crippen LogP contribution in [0, 0.1) is 13.8 Å². The van der Waals surface area contributed by atoms with E-state index in [9.17, 15) is 14.4 Å². The van der Waals surface area contributed by atoms with E-state index in [1.807, 2.05) is 32.0 Å². The van der Waals surface area contributed by atoms with Crippen LogP contribution >= 0.6 is 11.8 Å². The molecule has 0 spiro atoms. The Kier molecular flexibility index (Phi) is 6.03. The van der Waals surface area contributed by atoms with E-state index >= 15 is 0 Å². The third kappa shape index (κ3) is 4.61. The number of carbonyl (C=O) groups excluding carboxylic acids is 3. The van der Waals surface area contributed by atoms with Gasteiger partial charge in [0.05, 0.1) is 23.5 Å². The Morgan fingerprint density at radius 3 is 2.79 bits per heavy atom. The van der Waals surface area contributed by atoms with Crippen molar-refractivity contribution in [3.8, 4) is 0 Å². The topological polar surface area (TPSA) is 75.7 Å². The Hall–Kier alpha value is -2.28. The predicted octanol–water partition coefficient (Wildman–Crippen LogP) is 2.22. The largest absolute Gasteiger partial charge is 0.463 e. The van der Waals surface area contributed by atoms with Gasteiger partial charge >= 0.3 is 5.97 Å². The highest BCUT2D eigenvalue weighted by atomic mass is 32.2. The van der Waals surface area contributed by atoms with Crippen LogP contribution in [0.5, 0.6) is 0 Å². The van der Waals surface area contributed by atoms with Gasteiger partial charge < -0.3 is 10.1 Å². The molecule has 1 N–H and O–H groups in total. The summed E-state index contributed by atoms with van der Waals surface area (Å²) in [5.41, 5.74) is 2.77. The molecule has 1 saturated heterocycles. The van der Waals surface area contributed by atoms with Crippen molar-refractivity contribution in [3.63, 3.8) is 0 Å². The first kappa shape index (κ1) is 18.1. The van der Waals surface area contributed by atoms with E-state index in [1.54, 1.807) is 6.92 Å². The fourth-order valence-corrected chi connectivity index (χ4v) is 3.20. The molecule has 7 heteroatoms. The zero-order valence-electron chi connectivity index (χ0n) is 13.9. The lowest BCUT2D eigenvalue weighted by atomic mass is 10.1. The molecule has 1 aliphatic heterocycles. The lowest BCUT2D eigenvalue weighted by Gasteiger charge is -2.17. The highest BCUT2D eigenvalue weighted by molar-refractivity contribution is 8.04. The highest BCUT2D eigenvalue weighted by Gasteiger charge is 2.29. The molecule has 0 radical (unpaired) electrons. The van der Waals surface area contributed by atoms with Gasteiger partial charge in [-0.2, -0.15) is 0 Å². The van der Waals surface area contributed by atoms with Crippen LogP contribution in [0.25, 0.3) is 0 Å². The van der Waals surface area contributed by atoms with Crippen LogP contribution in [0.2, 0.25) is 0 Å². The summed E-state index contributed by atoms with van der Waals surface area (Å²) in [5, 5.41) is 3.24. The van der Waals surface area contributed by atoms with Gasteiger partial charge in [0.2, 0.25) is 11.8 Å². The minimum Gasteiger partial charge on any atom is -0.463 e. The van der Waals surface area contributed by atoms with Crippen LogP contribution in [-0.4, -0.2) is 41.6 Å². The third-order valence-corrected chi connectivity index (χ3v) is 4.42. The summed E-state index contributed by atoms with van der Waals surface area (Å²) in [7, 11) is 0. The fraction of sp³-hybridized carbons (Fsp3) is 0.353.